The van der Waals surface area contributed by atoms with Crippen molar-refractivity contribution in [3.05, 3.63) is 29.8 Å². The fourth-order valence-corrected chi connectivity index (χ4v) is 3.43. The second kappa shape index (κ2) is 8.60. The molecule has 1 amide bonds. The van der Waals surface area contributed by atoms with Gasteiger partial charge in [-0.3, -0.25) is 4.79 Å². The van der Waals surface area contributed by atoms with Gasteiger partial charge < -0.3 is 10.6 Å². The van der Waals surface area contributed by atoms with E-state index in [9.17, 15) is 13.2 Å². The van der Waals surface area contributed by atoms with Crippen molar-refractivity contribution in [2.75, 3.05) is 24.7 Å². The highest BCUT2D eigenvalue weighted by molar-refractivity contribution is 7.88. The van der Waals surface area contributed by atoms with Crippen molar-refractivity contribution in [1.82, 2.24) is 10.0 Å². The van der Waals surface area contributed by atoms with Crippen molar-refractivity contribution >= 4 is 21.6 Å². The Morgan fingerprint density at radius 2 is 1.88 bits per heavy atom. The van der Waals surface area contributed by atoms with Crippen molar-refractivity contribution in [2.24, 2.45) is 11.8 Å². The van der Waals surface area contributed by atoms with Gasteiger partial charge in [-0.1, -0.05) is 19.1 Å². The van der Waals surface area contributed by atoms with Crippen LogP contribution in [-0.4, -0.2) is 33.7 Å². The van der Waals surface area contributed by atoms with Gasteiger partial charge >= 0.3 is 0 Å². The zero-order valence-corrected chi connectivity index (χ0v) is 15.2. The normalized spacial score (nSPS) is 17.4. The molecule has 0 aliphatic carbocycles. The van der Waals surface area contributed by atoms with E-state index >= 15 is 0 Å². The molecule has 7 heteroatoms. The lowest BCUT2D eigenvalue weighted by atomic mass is 9.84. The van der Waals surface area contributed by atoms with Crippen LogP contribution < -0.4 is 15.4 Å². The number of carbonyl (C=O) groups excluding carboxylic acids is 1. The third-order valence-corrected chi connectivity index (χ3v) is 5.14. The number of benzene rings is 1. The minimum Gasteiger partial charge on any atom is -0.326 e. The summed E-state index contributed by atoms with van der Waals surface area (Å²) in [6.45, 7) is 4.48. The molecule has 1 unspecified atom stereocenters. The largest absolute Gasteiger partial charge is 0.326 e. The molecule has 1 aliphatic heterocycles. The second-order valence-corrected chi connectivity index (χ2v) is 8.44. The SMILES string of the molecule is CC(CC(=O)Nc1ccc(CNS(C)(=O)=O)cc1)C1CCNCC1. The van der Waals surface area contributed by atoms with Gasteiger partial charge in [-0.05, 0) is 55.5 Å². The molecular formula is C17H27N3O3S. The lowest BCUT2D eigenvalue weighted by Gasteiger charge is -2.27. The van der Waals surface area contributed by atoms with Crippen LogP contribution in [0.1, 0.15) is 31.7 Å². The summed E-state index contributed by atoms with van der Waals surface area (Å²) in [6, 6.07) is 7.22. The van der Waals surface area contributed by atoms with Gasteiger partial charge in [-0.2, -0.15) is 0 Å². The van der Waals surface area contributed by atoms with E-state index in [1.54, 1.807) is 12.1 Å². The maximum absolute atomic E-state index is 12.2. The molecule has 24 heavy (non-hydrogen) atoms. The highest BCUT2D eigenvalue weighted by Crippen LogP contribution is 2.24. The molecule has 1 fully saturated rings. The van der Waals surface area contributed by atoms with E-state index in [1.807, 2.05) is 12.1 Å². The molecule has 0 bridgehead atoms. The Hall–Kier alpha value is -1.44. The molecule has 2 rings (SSSR count). The Kier molecular flexibility index (Phi) is 6.77. The molecule has 1 aromatic carbocycles. The van der Waals surface area contributed by atoms with E-state index in [4.69, 9.17) is 0 Å². The molecular weight excluding hydrogens is 326 g/mol. The van der Waals surface area contributed by atoms with E-state index in [-0.39, 0.29) is 12.5 Å². The fraction of sp³-hybridized carbons (Fsp3) is 0.588. The Labute approximate surface area is 144 Å². The first-order valence-electron chi connectivity index (χ1n) is 8.37. The predicted molar refractivity (Wildman–Crippen MR) is 96.1 cm³/mol. The van der Waals surface area contributed by atoms with Crippen LogP contribution in [0.2, 0.25) is 0 Å². The smallest absolute Gasteiger partial charge is 0.224 e. The topological polar surface area (TPSA) is 87.3 Å². The summed E-state index contributed by atoms with van der Waals surface area (Å²) in [5.74, 6) is 1.02. The molecule has 1 heterocycles. The third kappa shape index (κ3) is 6.59. The van der Waals surface area contributed by atoms with E-state index in [1.165, 1.54) is 0 Å². The van der Waals surface area contributed by atoms with Gasteiger partial charge in [-0.25, -0.2) is 13.1 Å². The Morgan fingerprint density at radius 3 is 2.46 bits per heavy atom. The van der Waals surface area contributed by atoms with Crippen LogP contribution in [-0.2, 0) is 21.4 Å². The average molecular weight is 353 g/mol. The van der Waals surface area contributed by atoms with Crippen LogP contribution >= 0.6 is 0 Å². The number of anilines is 1. The molecule has 134 valence electrons. The summed E-state index contributed by atoms with van der Waals surface area (Å²) in [5, 5.41) is 6.26. The van der Waals surface area contributed by atoms with Crippen molar-refractivity contribution < 1.29 is 13.2 Å². The standard InChI is InChI=1S/C17H27N3O3S/c1-13(15-7-9-18-10-8-15)11-17(21)20-16-5-3-14(4-6-16)12-19-24(2,22)23/h3-6,13,15,18-19H,7-12H2,1-2H3,(H,20,21). The maximum Gasteiger partial charge on any atom is 0.224 e. The molecule has 0 spiro atoms. The van der Waals surface area contributed by atoms with Crippen LogP contribution in [0.15, 0.2) is 24.3 Å². The molecule has 3 N–H and O–H groups in total. The summed E-state index contributed by atoms with van der Waals surface area (Å²) >= 11 is 0. The van der Waals surface area contributed by atoms with Crippen LogP contribution in [0.4, 0.5) is 5.69 Å². The quantitative estimate of drug-likeness (QED) is 0.696. The summed E-state index contributed by atoms with van der Waals surface area (Å²) in [5.41, 5.74) is 1.59. The van der Waals surface area contributed by atoms with E-state index in [0.29, 0.717) is 18.3 Å². The van der Waals surface area contributed by atoms with Crippen LogP contribution in [0.25, 0.3) is 0 Å². The lowest BCUT2D eigenvalue weighted by Crippen LogP contribution is -2.32. The van der Waals surface area contributed by atoms with E-state index in [0.717, 1.165) is 43.4 Å². The molecule has 1 aliphatic rings. The number of hydrogen-bond donors (Lipinski definition) is 3. The summed E-state index contributed by atoms with van der Waals surface area (Å²) in [6.07, 6.45) is 3.93. The highest BCUT2D eigenvalue weighted by atomic mass is 32.2. The number of piperidine rings is 1. The van der Waals surface area contributed by atoms with Crippen molar-refractivity contribution in [3.63, 3.8) is 0 Å². The number of carbonyl (C=O) groups is 1. The van der Waals surface area contributed by atoms with Gasteiger partial charge in [-0.15, -0.1) is 0 Å². The van der Waals surface area contributed by atoms with Crippen molar-refractivity contribution in [1.29, 1.82) is 0 Å². The number of hydrogen-bond acceptors (Lipinski definition) is 4. The first kappa shape index (κ1) is 18.9. The Morgan fingerprint density at radius 1 is 1.25 bits per heavy atom. The third-order valence-electron chi connectivity index (χ3n) is 4.47. The summed E-state index contributed by atoms with van der Waals surface area (Å²) in [7, 11) is -3.20. The molecule has 0 aromatic heterocycles. The minimum atomic E-state index is -3.20. The maximum atomic E-state index is 12.2. The number of nitrogens with one attached hydrogen (secondary N) is 3. The molecule has 6 nitrogen and oxygen atoms in total. The number of sulfonamides is 1. The number of rotatable bonds is 7. The zero-order valence-electron chi connectivity index (χ0n) is 14.3. The van der Waals surface area contributed by atoms with Gasteiger partial charge in [0.05, 0.1) is 6.26 Å². The zero-order chi connectivity index (χ0) is 17.6. The summed E-state index contributed by atoms with van der Waals surface area (Å²) < 4.78 is 24.6. The summed E-state index contributed by atoms with van der Waals surface area (Å²) in [4.78, 5) is 12.2. The molecule has 1 atom stereocenters. The minimum absolute atomic E-state index is 0.0306. The Balaban J connectivity index is 1.80. The fourth-order valence-electron chi connectivity index (χ4n) is 3.00. The van der Waals surface area contributed by atoms with Crippen LogP contribution in [0.3, 0.4) is 0 Å². The second-order valence-electron chi connectivity index (χ2n) is 6.61. The average Bonchev–Trinajstić information content (AvgIpc) is 2.54. The number of amides is 1. The van der Waals surface area contributed by atoms with Gasteiger partial charge in [0.25, 0.3) is 0 Å². The van der Waals surface area contributed by atoms with Gasteiger partial charge in [0.15, 0.2) is 0 Å². The highest BCUT2D eigenvalue weighted by Gasteiger charge is 2.21. The molecule has 0 saturated carbocycles. The predicted octanol–water partition coefficient (Wildman–Crippen LogP) is 1.70. The molecule has 0 radical (unpaired) electrons. The Bertz CT molecular complexity index is 638. The van der Waals surface area contributed by atoms with E-state index in [2.05, 4.69) is 22.3 Å². The van der Waals surface area contributed by atoms with Crippen LogP contribution in [0.5, 0.6) is 0 Å². The molecule has 1 saturated heterocycles. The van der Waals surface area contributed by atoms with Gasteiger partial charge in [0.2, 0.25) is 15.9 Å². The van der Waals surface area contributed by atoms with Crippen molar-refractivity contribution in [3.8, 4) is 0 Å². The molecule has 1 aromatic rings. The van der Waals surface area contributed by atoms with Crippen molar-refractivity contribution in [2.45, 2.75) is 32.7 Å². The first-order chi connectivity index (χ1) is 11.3. The monoisotopic (exact) mass is 353 g/mol. The van der Waals surface area contributed by atoms with E-state index < -0.39 is 10.0 Å². The van der Waals surface area contributed by atoms with Crippen LogP contribution in [0, 0.1) is 11.8 Å². The van der Waals surface area contributed by atoms with Gasteiger partial charge in [0, 0.05) is 18.7 Å². The lowest BCUT2D eigenvalue weighted by molar-refractivity contribution is -0.117. The first-order valence-corrected chi connectivity index (χ1v) is 10.3. The van der Waals surface area contributed by atoms with Gasteiger partial charge in [0.1, 0.15) is 0 Å².